The molecule has 0 aromatic carbocycles. The summed E-state index contributed by atoms with van der Waals surface area (Å²) in [6, 6.07) is 4.31. The molecule has 2 rings (SSSR count). The molecule has 6 heteroatoms. The van der Waals surface area contributed by atoms with Gasteiger partial charge in [0, 0.05) is 46.0 Å². The Bertz CT molecular complexity index is 565. The number of guanidine groups is 1. The van der Waals surface area contributed by atoms with Crippen molar-refractivity contribution < 1.29 is 4.74 Å². The number of anilines is 1. The van der Waals surface area contributed by atoms with Gasteiger partial charge >= 0.3 is 0 Å². The smallest absolute Gasteiger partial charge is 0.191 e. The fourth-order valence-corrected chi connectivity index (χ4v) is 3.57. The highest BCUT2D eigenvalue weighted by atomic mass is 16.5. The Balaban J connectivity index is 1.76. The van der Waals surface area contributed by atoms with Crippen LogP contribution >= 0.6 is 0 Å². The van der Waals surface area contributed by atoms with E-state index in [9.17, 15) is 0 Å². The zero-order valence-electron chi connectivity index (χ0n) is 18.2. The third-order valence-corrected chi connectivity index (χ3v) is 5.27. The molecule has 1 aromatic heterocycles. The van der Waals surface area contributed by atoms with Crippen LogP contribution in [0.1, 0.15) is 58.4 Å². The summed E-state index contributed by atoms with van der Waals surface area (Å²) >= 11 is 0. The maximum Gasteiger partial charge on any atom is 0.191 e. The Labute approximate surface area is 171 Å². The molecular weight excluding hydrogens is 350 g/mol. The van der Waals surface area contributed by atoms with Crippen molar-refractivity contribution in [1.82, 2.24) is 15.6 Å². The van der Waals surface area contributed by atoms with E-state index in [0.717, 1.165) is 50.0 Å². The number of hydrogen-bond acceptors (Lipinski definition) is 4. The molecule has 0 aliphatic carbocycles. The molecule has 1 aromatic rings. The second kappa shape index (κ2) is 12.6. The standard InChI is InChI=1S/C22H39N5O/c1-5-28-20(18(2)3)12-13-24-22(23-4)26-17-19-10-11-21(25-16-19)27-14-8-6-7-9-15-27/h10-11,16,18,20H,5-9,12-15,17H2,1-4H3,(H2,23,24,26). The van der Waals surface area contributed by atoms with Crippen LogP contribution in [0.25, 0.3) is 0 Å². The van der Waals surface area contributed by atoms with E-state index >= 15 is 0 Å². The highest BCUT2D eigenvalue weighted by Gasteiger charge is 2.13. The molecule has 2 heterocycles. The van der Waals surface area contributed by atoms with Gasteiger partial charge in [0.1, 0.15) is 5.82 Å². The second-order valence-electron chi connectivity index (χ2n) is 7.80. The van der Waals surface area contributed by atoms with Gasteiger partial charge < -0.3 is 20.3 Å². The molecule has 0 radical (unpaired) electrons. The first kappa shape index (κ1) is 22.5. The number of aliphatic imine (C=N–C) groups is 1. The molecule has 1 saturated heterocycles. The molecule has 1 unspecified atom stereocenters. The fourth-order valence-electron chi connectivity index (χ4n) is 3.57. The maximum atomic E-state index is 5.80. The lowest BCUT2D eigenvalue weighted by Crippen LogP contribution is -2.39. The quantitative estimate of drug-likeness (QED) is 0.499. The van der Waals surface area contributed by atoms with Gasteiger partial charge in [-0.15, -0.1) is 0 Å². The summed E-state index contributed by atoms with van der Waals surface area (Å²) in [7, 11) is 1.80. The van der Waals surface area contributed by atoms with Crippen molar-refractivity contribution in [2.75, 3.05) is 38.2 Å². The zero-order valence-corrected chi connectivity index (χ0v) is 18.2. The zero-order chi connectivity index (χ0) is 20.2. The number of aromatic nitrogens is 1. The molecule has 2 N–H and O–H groups in total. The van der Waals surface area contributed by atoms with Gasteiger partial charge in [0.25, 0.3) is 0 Å². The Morgan fingerprint density at radius 2 is 1.93 bits per heavy atom. The first-order valence-corrected chi connectivity index (χ1v) is 10.9. The van der Waals surface area contributed by atoms with Gasteiger partial charge in [0.2, 0.25) is 0 Å². The van der Waals surface area contributed by atoms with Crippen molar-refractivity contribution >= 4 is 11.8 Å². The molecule has 28 heavy (non-hydrogen) atoms. The Morgan fingerprint density at radius 3 is 2.50 bits per heavy atom. The second-order valence-corrected chi connectivity index (χ2v) is 7.80. The minimum Gasteiger partial charge on any atom is -0.378 e. The van der Waals surface area contributed by atoms with Crippen molar-refractivity contribution in [3.63, 3.8) is 0 Å². The SMILES string of the molecule is CCOC(CCNC(=NC)NCc1ccc(N2CCCCCC2)nc1)C(C)C. The molecule has 0 saturated carbocycles. The molecule has 0 amide bonds. The van der Waals surface area contributed by atoms with Gasteiger partial charge in [0.15, 0.2) is 5.96 Å². The largest absolute Gasteiger partial charge is 0.378 e. The molecule has 1 aliphatic heterocycles. The summed E-state index contributed by atoms with van der Waals surface area (Å²) in [5.74, 6) is 2.44. The molecule has 6 nitrogen and oxygen atoms in total. The summed E-state index contributed by atoms with van der Waals surface area (Å²) in [6.07, 6.45) is 8.46. The van der Waals surface area contributed by atoms with E-state index in [1.807, 2.05) is 6.20 Å². The first-order chi connectivity index (χ1) is 13.6. The lowest BCUT2D eigenvalue weighted by Gasteiger charge is -2.22. The van der Waals surface area contributed by atoms with E-state index in [2.05, 4.69) is 58.4 Å². The monoisotopic (exact) mass is 389 g/mol. The summed E-state index contributed by atoms with van der Waals surface area (Å²) in [5, 5.41) is 6.76. The Kier molecular flexibility index (Phi) is 10.1. The van der Waals surface area contributed by atoms with E-state index < -0.39 is 0 Å². The lowest BCUT2D eigenvalue weighted by atomic mass is 10.0. The highest BCUT2D eigenvalue weighted by molar-refractivity contribution is 5.79. The number of rotatable bonds is 9. The van der Waals surface area contributed by atoms with Crippen molar-refractivity contribution in [2.45, 2.75) is 65.5 Å². The molecule has 1 aliphatic rings. The number of nitrogens with zero attached hydrogens (tertiary/aromatic N) is 3. The third-order valence-electron chi connectivity index (χ3n) is 5.27. The van der Waals surface area contributed by atoms with Gasteiger partial charge in [-0.2, -0.15) is 0 Å². The number of nitrogens with one attached hydrogen (secondary N) is 2. The van der Waals surface area contributed by atoms with Gasteiger partial charge in [-0.25, -0.2) is 4.98 Å². The van der Waals surface area contributed by atoms with Crippen molar-refractivity contribution in [3.8, 4) is 0 Å². The number of pyridine rings is 1. The predicted octanol–water partition coefficient (Wildman–Crippen LogP) is 3.58. The van der Waals surface area contributed by atoms with Gasteiger partial charge in [-0.05, 0) is 43.7 Å². The lowest BCUT2D eigenvalue weighted by molar-refractivity contribution is 0.0258. The van der Waals surface area contributed by atoms with Crippen molar-refractivity contribution in [1.29, 1.82) is 0 Å². The van der Waals surface area contributed by atoms with Crippen LogP contribution in [-0.2, 0) is 11.3 Å². The van der Waals surface area contributed by atoms with Crippen LogP contribution in [0.3, 0.4) is 0 Å². The van der Waals surface area contributed by atoms with E-state index in [1.165, 1.54) is 25.7 Å². The van der Waals surface area contributed by atoms with Crippen LogP contribution in [0.5, 0.6) is 0 Å². The molecule has 0 bridgehead atoms. The third kappa shape index (κ3) is 7.66. The van der Waals surface area contributed by atoms with E-state index in [-0.39, 0.29) is 6.10 Å². The summed E-state index contributed by atoms with van der Waals surface area (Å²) in [4.78, 5) is 11.4. The fraction of sp³-hybridized carbons (Fsp3) is 0.727. The van der Waals surface area contributed by atoms with Crippen molar-refractivity contribution in [3.05, 3.63) is 23.9 Å². The molecule has 1 fully saturated rings. The number of hydrogen-bond donors (Lipinski definition) is 2. The highest BCUT2D eigenvalue weighted by Crippen LogP contribution is 2.17. The number of ether oxygens (including phenoxy) is 1. The predicted molar refractivity (Wildman–Crippen MR) is 118 cm³/mol. The molecule has 0 spiro atoms. The normalized spacial score (nSPS) is 16.8. The molecule has 158 valence electrons. The van der Waals surface area contributed by atoms with E-state index in [0.29, 0.717) is 12.5 Å². The minimum atomic E-state index is 0.284. The first-order valence-electron chi connectivity index (χ1n) is 10.9. The van der Waals surface area contributed by atoms with Crippen LogP contribution in [0.2, 0.25) is 0 Å². The van der Waals surface area contributed by atoms with Gasteiger partial charge in [-0.1, -0.05) is 32.8 Å². The molecule has 1 atom stereocenters. The summed E-state index contributed by atoms with van der Waals surface area (Å²) in [6.45, 7) is 11.0. The van der Waals surface area contributed by atoms with Gasteiger partial charge in [-0.3, -0.25) is 4.99 Å². The van der Waals surface area contributed by atoms with E-state index in [4.69, 9.17) is 4.74 Å². The summed E-state index contributed by atoms with van der Waals surface area (Å²) < 4.78 is 5.80. The Morgan fingerprint density at radius 1 is 1.18 bits per heavy atom. The average Bonchev–Trinajstić information content (AvgIpc) is 2.99. The minimum absolute atomic E-state index is 0.284. The summed E-state index contributed by atoms with van der Waals surface area (Å²) in [5.41, 5.74) is 1.16. The average molecular weight is 390 g/mol. The topological polar surface area (TPSA) is 61.8 Å². The van der Waals surface area contributed by atoms with Crippen molar-refractivity contribution in [2.24, 2.45) is 10.9 Å². The van der Waals surface area contributed by atoms with Crippen LogP contribution in [0.15, 0.2) is 23.3 Å². The Hall–Kier alpha value is -1.82. The molecular formula is C22H39N5O. The van der Waals surface area contributed by atoms with E-state index in [1.54, 1.807) is 7.05 Å². The van der Waals surface area contributed by atoms with Gasteiger partial charge in [0.05, 0.1) is 6.10 Å². The maximum absolute atomic E-state index is 5.80. The van der Waals surface area contributed by atoms with Crippen LogP contribution in [-0.4, -0.2) is 50.3 Å². The van der Waals surface area contributed by atoms with Crippen LogP contribution in [0.4, 0.5) is 5.82 Å². The van der Waals surface area contributed by atoms with Crippen LogP contribution in [0, 0.1) is 5.92 Å². The van der Waals surface area contributed by atoms with Crippen LogP contribution < -0.4 is 15.5 Å².